The molecule has 1 aromatic carbocycles. The van der Waals surface area contributed by atoms with Crippen LogP contribution < -0.4 is 10.1 Å². The highest BCUT2D eigenvalue weighted by atomic mass is 19.4. The number of methoxy groups -OCH3 is 1. The highest BCUT2D eigenvalue weighted by Gasteiger charge is 2.78. The molecule has 1 aromatic rings. The Balaban J connectivity index is 2.95. The van der Waals surface area contributed by atoms with E-state index in [0.29, 0.717) is 0 Å². The number of halogens is 6. The first kappa shape index (κ1) is 27.7. The van der Waals surface area contributed by atoms with Crippen molar-refractivity contribution in [1.29, 1.82) is 0 Å². The summed E-state index contributed by atoms with van der Waals surface area (Å²) < 4.78 is 98.5. The van der Waals surface area contributed by atoms with Crippen LogP contribution >= 0.6 is 0 Å². The van der Waals surface area contributed by atoms with Gasteiger partial charge in [0.1, 0.15) is 17.6 Å². The van der Waals surface area contributed by atoms with E-state index in [1.807, 2.05) is 0 Å². The van der Waals surface area contributed by atoms with E-state index in [1.54, 1.807) is 0 Å². The van der Waals surface area contributed by atoms with E-state index in [9.17, 15) is 46.1 Å². The van der Waals surface area contributed by atoms with Gasteiger partial charge in [0.25, 0.3) is 0 Å². The molecule has 0 bridgehead atoms. The molecule has 14 heteroatoms. The first-order valence-corrected chi connectivity index (χ1v) is 9.93. The van der Waals surface area contributed by atoms with Crippen LogP contribution in [0.15, 0.2) is 24.3 Å². The molecule has 1 aliphatic heterocycles. The van der Waals surface area contributed by atoms with Crippen LogP contribution in [0.25, 0.3) is 0 Å². The minimum Gasteiger partial charge on any atom is -0.497 e. The topological polar surface area (TPSA) is 114 Å². The van der Waals surface area contributed by atoms with Crippen LogP contribution in [-0.2, 0) is 19.1 Å². The third-order valence-corrected chi connectivity index (χ3v) is 5.45. The molecule has 34 heavy (non-hydrogen) atoms. The van der Waals surface area contributed by atoms with Crippen LogP contribution in [0.1, 0.15) is 25.3 Å². The molecule has 3 N–H and O–H groups in total. The predicted octanol–water partition coefficient (Wildman–Crippen LogP) is 2.24. The number of hydrogen-bond donors (Lipinski definition) is 3. The zero-order valence-corrected chi connectivity index (χ0v) is 18.2. The van der Waals surface area contributed by atoms with Crippen LogP contribution in [0.4, 0.5) is 26.3 Å². The molecule has 8 nitrogen and oxygen atoms in total. The van der Waals surface area contributed by atoms with Gasteiger partial charge in [0.05, 0.1) is 20.3 Å². The molecular formula is C20H23F6NO7. The maximum Gasteiger partial charge on any atom is 0.432 e. The lowest BCUT2D eigenvalue weighted by Crippen LogP contribution is -2.81. The zero-order chi connectivity index (χ0) is 26.1. The second-order valence-corrected chi connectivity index (χ2v) is 7.41. The molecule has 1 heterocycles. The lowest BCUT2D eigenvalue weighted by atomic mass is 9.64. The number of esters is 2. The van der Waals surface area contributed by atoms with Gasteiger partial charge in [-0.15, -0.1) is 0 Å². The number of hydrogen-bond acceptors (Lipinski definition) is 8. The Bertz CT molecular complexity index is 843. The number of benzene rings is 1. The summed E-state index contributed by atoms with van der Waals surface area (Å²) in [5.74, 6) is -11.5. The minimum absolute atomic E-state index is 0.148. The SMILES string of the molecule is CCOC(=O)[C@@H]1C(c2ccc(OC)cc2)[C@H](C(=O)OCC)[C@](O)(C(F)(F)F)N[C@]1(O)C(F)(F)F. The average molecular weight is 503 g/mol. The summed E-state index contributed by atoms with van der Waals surface area (Å²) in [6, 6.07) is 4.31. The number of nitrogens with one attached hydrogen (secondary N) is 1. The normalized spacial score (nSPS) is 29.9. The predicted molar refractivity (Wildman–Crippen MR) is 101 cm³/mol. The van der Waals surface area contributed by atoms with Crippen LogP contribution in [-0.4, -0.2) is 66.3 Å². The standard InChI is InChI=1S/C20H23F6NO7/c1-4-33-15(28)13-12(10-6-8-11(32-3)9-7-10)14(16(29)34-5-2)18(31,20(24,25)26)27-17(13,30)19(21,22)23/h6-9,12-14,27,30-31H,4-5H2,1-3H3/t12?,13-,14+,17+,18-. The van der Waals surface area contributed by atoms with Gasteiger partial charge in [-0.25, -0.2) is 5.32 Å². The monoisotopic (exact) mass is 503 g/mol. The molecule has 1 fully saturated rings. The molecule has 0 saturated carbocycles. The molecule has 1 aliphatic rings. The largest absolute Gasteiger partial charge is 0.497 e. The van der Waals surface area contributed by atoms with E-state index >= 15 is 0 Å². The lowest BCUT2D eigenvalue weighted by molar-refractivity contribution is -0.376. The van der Waals surface area contributed by atoms with Gasteiger partial charge >= 0.3 is 24.3 Å². The first-order chi connectivity index (χ1) is 15.6. The van der Waals surface area contributed by atoms with E-state index in [1.165, 1.54) is 21.0 Å². The van der Waals surface area contributed by atoms with Crippen molar-refractivity contribution in [3.8, 4) is 5.75 Å². The summed E-state index contributed by atoms with van der Waals surface area (Å²) in [6.45, 7) is 1.45. The summed E-state index contributed by atoms with van der Waals surface area (Å²) in [5, 5.41) is 21.8. The molecule has 2 rings (SSSR count). The van der Waals surface area contributed by atoms with Gasteiger partial charge in [0, 0.05) is 5.92 Å². The number of carbonyl (C=O) groups excluding carboxylic acids is 2. The van der Waals surface area contributed by atoms with Gasteiger partial charge in [0.15, 0.2) is 0 Å². The molecule has 192 valence electrons. The number of aliphatic hydroxyl groups is 2. The zero-order valence-electron chi connectivity index (χ0n) is 18.2. The molecule has 0 amide bonds. The molecule has 1 saturated heterocycles. The first-order valence-electron chi connectivity index (χ1n) is 9.93. The lowest BCUT2D eigenvalue weighted by Gasteiger charge is -2.54. The van der Waals surface area contributed by atoms with Crippen molar-refractivity contribution in [3.05, 3.63) is 29.8 Å². The number of alkyl halides is 6. The summed E-state index contributed by atoms with van der Waals surface area (Å²) in [7, 11) is 1.24. The van der Waals surface area contributed by atoms with Crippen molar-refractivity contribution in [1.82, 2.24) is 5.32 Å². The smallest absolute Gasteiger partial charge is 0.432 e. The Morgan fingerprint density at radius 2 is 1.26 bits per heavy atom. The Labute approximate surface area is 189 Å². The number of piperidine rings is 1. The molecular weight excluding hydrogens is 480 g/mol. The van der Waals surface area contributed by atoms with E-state index in [4.69, 9.17) is 4.74 Å². The average Bonchev–Trinajstić information content (AvgIpc) is 2.72. The van der Waals surface area contributed by atoms with Gasteiger partial charge < -0.3 is 24.4 Å². The van der Waals surface area contributed by atoms with Crippen molar-refractivity contribution in [2.24, 2.45) is 11.8 Å². The molecule has 0 aliphatic carbocycles. The van der Waals surface area contributed by atoms with Gasteiger partial charge in [-0.3, -0.25) is 9.59 Å². The maximum atomic E-state index is 14.1. The van der Waals surface area contributed by atoms with E-state index < -0.39 is 72.3 Å². The maximum absolute atomic E-state index is 14.1. The third-order valence-electron chi connectivity index (χ3n) is 5.45. The molecule has 0 aromatic heterocycles. The van der Waals surface area contributed by atoms with Gasteiger partial charge in [-0.05, 0) is 31.5 Å². The second kappa shape index (κ2) is 9.58. The van der Waals surface area contributed by atoms with Crippen LogP contribution in [0.3, 0.4) is 0 Å². The molecule has 0 spiro atoms. The summed E-state index contributed by atoms with van der Waals surface area (Å²) in [4.78, 5) is 25.4. The Kier molecular flexibility index (Phi) is 7.80. The van der Waals surface area contributed by atoms with Crippen molar-refractivity contribution in [2.75, 3.05) is 20.3 Å². The Morgan fingerprint density at radius 1 is 0.882 bits per heavy atom. The van der Waals surface area contributed by atoms with Crippen molar-refractivity contribution in [2.45, 2.75) is 43.6 Å². The highest BCUT2D eigenvalue weighted by molar-refractivity contribution is 5.81. The molecule has 5 atom stereocenters. The van der Waals surface area contributed by atoms with Crippen LogP contribution in [0, 0.1) is 11.8 Å². The second-order valence-electron chi connectivity index (χ2n) is 7.41. The van der Waals surface area contributed by atoms with E-state index in [-0.39, 0.29) is 5.75 Å². The summed E-state index contributed by atoms with van der Waals surface area (Å²) in [6.07, 6.45) is -11.9. The summed E-state index contributed by atoms with van der Waals surface area (Å²) >= 11 is 0. The Hall–Kier alpha value is -2.58. The molecule has 0 radical (unpaired) electrons. The number of rotatable bonds is 6. The molecule has 1 unspecified atom stereocenters. The summed E-state index contributed by atoms with van der Waals surface area (Å²) in [5.41, 5.74) is -9.74. The van der Waals surface area contributed by atoms with Gasteiger partial charge in [0.2, 0.25) is 11.4 Å². The number of carbonyl (C=O) groups is 2. The fraction of sp³-hybridized carbons (Fsp3) is 0.600. The van der Waals surface area contributed by atoms with E-state index in [2.05, 4.69) is 9.47 Å². The van der Waals surface area contributed by atoms with Crippen LogP contribution in [0.2, 0.25) is 0 Å². The third kappa shape index (κ3) is 4.66. The Morgan fingerprint density at radius 3 is 1.56 bits per heavy atom. The van der Waals surface area contributed by atoms with Gasteiger partial charge in [-0.1, -0.05) is 12.1 Å². The quantitative estimate of drug-likeness (QED) is 0.400. The number of ether oxygens (including phenoxy) is 3. The van der Waals surface area contributed by atoms with E-state index in [0.717, 1.165) is 29.6 Å². The van der Waals surface area contributed by atoms with Crippen molar-refractivity contribution in [3.63, 3.8) is 0 Å². The fourth-order valence-corrected chi connectivity index (χ4v) is 3.96. The van der Waals surface area contributed by atoms with Crippen molar-refractivity contribution < 1.29 is 60.4 Å². The minimum atomic E-state index is -5.94. The highest BCUT2D eigenvalue weighted by Crippen LogP contribution is 2.55. The van der Waals surface area contributed by atoms with Gasteiger partial charge in [-0.2, -0.15) is 26.3 Å². The van der Waals surface area contributed by atoms with Crippen molar-refractivity contribution >= 4 is 11.9 Å². The fourth-order valence-electron chi connectivity index (χ4n) is 3.96. The van der Waals surface area contributed by atoms with Crippen LogP contribution in [0.5, 0.6) is 5.75 Å².